The monoisotopic (exact) mass is 316 g/mol. The first kappa shape index (κ1) is 14.1. The number of nitrogens with one attached hydrogen (secondary N) is 2. The minimum absolute atomic E-state index is 0.212. The molecular formula is C14H12N4O3S. The normalized spacial score (nSPS) is 10.4. The zero-order valence-electron chi connectivity index (χ0n) is 11.6. The van der Waals surface area contributed by atoms with Crippen LogP contribution in [0.15, 0.2) is 46.5 Å². The fraction of sp³-hybridized carbons (Fsp3) is 0.0714. The van der Waals surface area contributed by atoms with Crippen molar-refractivity contribution in [3.63, 3.8) is 0 Å². The lowest BCUT2D eigenvalue weighted by Crippen LogP contribution is -2.42. The Hall–Kier alpha value is -2.87. The van der Waals surface area contributed by atoms with Crippen molar-refractivity contribution in [2.75, 3.05) is 0 Å². The topological polar surface area (TPSA) is 89.2 Å². The fourth-order valence-electron chi connectivity index (χ4n) is 1.83. The maximum Gasteiger partial charge on any atom is 0.289 e. The van der Waals surface area contributed by atoms with E-state index < -0.39 is 11.8 Å². The second-order valence-electron chi connectivity index (χ2n) is 4.43. The molecule has 2 amide bonds. The molecule has 0 saturated heterocycles. The Morgan fingerprint density at radius 3 is 2.73 bits per heavy atom. The van der Waals surface area contributed by atoms with Crippen LogP contribution < -0.4 is 10.9 Å². The SMILES string of the molecule is Cn1cccc1C(=O)NNC(=O)c1csc(-c2ccco2)n1. The van der Waals surface area contributed by atoms with Crippen LogP contribution in [0.3, 0.4) is 0 Å². The number of hydrazine groups is 1. The van der Waals surface area contributed by atoms with Gasteiger partial charge in [-0.25, -0.2) is 4.98 Å². The highest BCUT2D eigenvalue weighted by atomic mass is 32.1. The van der Waals surface area contributed by atoms with Gasteiger partial charge in [0.25, 0.3) is 11.8 Å². The van der Waals surface area contributed by atoms with Crippen LogP contribution in [0.1, 0.15) is 21.0 Å². The smallest absolute Gasteiger partial charge is 0.289 e. The number of hydrogen-bond donors (Lipinski definition) is 2. The van der Waals surface area contributed by atoms with Crippen LogP contribution in [0.2, 0.25) is 0 Å². The van der Waals surface area contributed by atoms with Crippen molar-refractivity contribution in [3.05, 3.63) is 53.5 Å². The van der Waals surface area contributed by atoms with E-state index in [2.05, 4.69) is 15.8 Å². The number of aryl methyl sites for hydroxylation is 1. The molecular weight excluding hydrogens is 304 g/mol. The van der Waals surface area contributed by atoms with Crippen LogP contribution in [0.5, 0.6) is 0 Å². The highest BCUT2D eigenvalue weighted by Gasteiger charge is 2.15. The van der Waals surface area contributed by atoms with Crippen LogP contribution in [0.25, 0.3) is 10.8 Å². The van der Waals surface area contributed by atoms with Gasteiger partial charge >= 0.3 is 0 Å². The molecule has 22 heavy (non-hydrogen) atoms. The lowest BCUT2D eigenvalue weighted by Gasteiger charge is -2.06. The number of carbonyl (C=O) groups is 2. The van der Waals surface area contributed by atoms with E-state index in [1.54, 1.807) is 47.5 Å². The predicted molar refractivity (Wildman–Crippen MR) is 80.2 cm³/mol. The molecule has 0 unspecified atom stereocenters. The molecule has 0 fully saturated rings. The molecule has 112 valence electrons. The third-order valence-corrected chi connectivity index (χ3v) is 3.79. The summed E-state index contributed by atoms with van der Waals surface area (Å²) in [7, 11) is 1.74. The van der Waals surface area contributed by atoms with Gasteiger partial charge in [0.1, 0.15) is 11.4 Å². The summed E-state index contributed by atoms with van der Waals surface area (Å²) in [6.07, 6.45) is 3.28. The van der Waals surface area contributed by atoms with Crippen molar-refractivity contribution in [1.29, 1.82) is 0 Å². The minimum atomic E-state index is -0.489. The number of aromatic nitrogens is 2. The Morgan fingerprint density at radius 1 is 1.23 bits per heavy atom. The van der Waals surface area contributed by atoms with Gasteiger partial charge in [-0.05, 0) is 24.3 Å². The van der Waals surface area contributed by atoms with Crippen LogP contribution >= 0.6 is 11.3 Å². The summed E-state index contributed by atoms with van der Waals surface area (Å²) in [6.45, 7) is 0. The number of amides is 2. The van der Waals surface area contributed by atoms with Crippen LogP contribution in [0, 0.1) is 0 Å². The lowest BCUT2D eigenvalue weighted by molar-refractivity contribution is 0.0840. The molecule has 0 atom stereocenters. The van der Waals surface area contributed by atoms with Gasteiger partial charge in [-0.15, -0.1) is 11.3 Å². The molecule has 0 spiro atoms. The average molecular weight is 316 g/mol. The molecule has 0 aliphatic carbocycles. The van der Waals surface area contributed by atoms with Crippen LogP contribution in [-0.4, -0.2) is 21.4 Å². The third kappa shape index (κ3) is 2.77. The van der Waals surface area contributed by atoms with Crippen molar-refractivity contribution in [2.45, 2.75) is 0 Å². The van der Waals surface area contributed by atoms with E-state index in [1.165, 1.54) is 17.6 Å². The van der Waals surface area contributed by atoms with Gasteiger partial charge in [0.15, 0.2) is 10.8 Å². The largest absolute Gasteiger partial charge is 0.462 e. The molecule has 3 aromatic rings. The second kappa shape index (κ2) is 5.86. The third-order valence-electron chi connectivity index (χ3n) is 2.93. The summed E-state index contributed by atoms with van der Waals surface area (Å²) in [5.74, 6) is -0.296. The van der Waals surface area contributed by atoms with E-state index in [4.69, 9.17) is 4.42 Å². The zero-order chi connectivity index (χ0) is 15.5. The van der Waals surface area contributed by atoms with Gasteiger partial charge in [-0.2, -0.15) is 0 Å². The van der Waals surface area contributed by atoms with E-state index in [1.807, 2.05) is 0 Å². The van der Waals surface area contributed by atoms with Gasteiger partial charge in [-0.1, -0.05) is 0 Å². The van der Waals surface area contributed by atoms with E-state index >= 15 is 0 Å². The van der Waals surface area contributed by atoms with Gasteiger partial charge in [0, 0.05) is 18.6 Å². The molecule has 0 saturated carbocycles. The van der Waals surface area contributed by atoms with Crippen LogP contribution in [0.4, 0.5) is 0 Å². The molecule has 8 heteroatoms. The summed E-state index contributed by atoms with van der Waals surface area (Å²) < 4.78 is 6.87. The van der Waals surface area contributed by atoms with Gasteiger partial charge in [0.05, 0.1) is 6.26 Å². The summed E-state index contributed by atoms with van der Waals surface area (Å²) in [5.41, 5.74) is 5.34. The number of rotatable bonds is 3. The molecule has 2 N–H and O–H groups in total. The van der Waals surface area contributed by atoms with Crippen molar-refractivity contribution in [1.82, 2.24) is 20.4 Å². The maximum absolute atomic E-state index is 12.0. The fourth-order valence-corrected chi connectivity index (χ4v) is 2.60. The van der Waals surface area contributed by atoms with Crippen molar-refractivity contribution in [2.24, 2.45) is 7.05 Å². The first-order chi connectivity index (χ1) is 10.6. The predicted octanol–water partition coefficient (Wildman–Crippen LogP) is 1.82. The molecule has 7 nitrogen and oxygen atoms in total. The highest BCUT2D eigenvalue weighted by molar-refractivity contribution is 7.13. The highest BCUT2D eigenvalue weighted by Crippen LogP contribution is 2.23. The standard InChI is InChI=1S/C14H12N4O3S/c1-18-6-2-4-10(18)13(20)17-16-12(19)9-8-22-14(15-9)11-5-3-7-21-11/h2-8H,1H3,(H,16,19)(H,17,20). The molecule has 0 radical (unpaired) electrons. The summed E-state index contributed by atoms with van der Waals surface area (Å²) in [6, 6.07) is 6.90. The Bertz CT molecular complexity index is 804. The molecule has 3 heterocycles. The van der Waals surface area contributed by atoms with Crippen molar-refractivity contribution < 1.29 is 14.0 Å². The molecule has 3 aromatic heterocycles. The van der Waals surface area contributed by atoms with E-state index in [9.17, 15) is 9.59 Å². The summed E-state index contributed by atoms with van der Waals surface area (Å²) in [5, 5.41) is 2.20. The Morgan fingerprint density at radius 2 is 2.05 bits per heavy atom. The molecule has 0 aliphatic heterocycles. The lowest BCUT2D eigenvalue weighted by atomic mass is 10.4. The zero-order valence-corrected chi connectivity index (χ0v) is 12.4. The first-order valence-electron chi connectivity index (χ1n) is 6.36. The first-order valence-corrected chi connectivity index (χ1v) is 7.24. The van der Waals surface area contributed by atoms with Crippen molar-refractivity contribution >= 4 is 23.2 Å². The molecule has 0 aromatic carbocycles. The number of carbonyl (C=O) groups excluding carboxylic acids is 2. The van der Waals surface area contributed by atoms with E-state index in [-0.39, 0.29) is 5.69 Å². The molecule has 3 rings (SSSR count). The van der Waals surface area contributed by atoms with Gasteiger partial charge < -0.3 is 8.98 Å². The maximum atomic E-state index is 12.0. The Labute approximate surface area is 129 Å². The second-order valence-corrected chi connectivity index (χ2v) is 5.29. The Kier molecular flexibility index (Phi) is 3.75. The minimum Gasteiger partial charge on any atom is -0.462 e. The summed E-state index contributed by atoms with van der Waals surface area (Å²) >= 11 is 1.29. The van der Waals surface area contributed by atoms with Gasteiger partial charge in [0.2, 0.25) is 0 Å². The van der Waals surface area contributed by atoms with Gasteiger partial charge in [-0.3, -0.25) is 20.4 Å². The number of thiazole rings is 1. The average Bonchev–Trinajstić information content (AvgIpc) is 3.23. The molecule has 0 bridgehead atoms. The van der Waals surface area contributed by atoms with E-state index in [0.29, 0.717) is 16.5 Å². The number of hydrogen-bond acceptors (Lipinski definition) is 5. The van der Waals surface area contributed by atoms with E-state index in [0.717, 1.165) is 0 Å². The van der Waals surface area contributed by atoms with Crippen LogP contribution in [-0.2, 0) is 7.05 Å². The Balaban J connectivity index is 1.63. The number of furan rings is 1. The van der Waals surface area contributed by atoms with Crippen molar-refractivity contribution in [3.8, 4) is 10.8 Å². The number of nitrogens with zero attached hydrogens (tertiary/aromatic N) is 2. The molecule has 0 aliphatic rings. The quantitative estimate of drug-likeness (QED) is 0.721. The summed E-state index contributed by atoms with van der Waals surface area (Å²) in [4.78, 5) is 28.0.